The van der Waals surface area contributed by atoms with E-state index in [0.29, 0.717) is 23.3 Å². The number of hydrogen-bond acceptors (Lipinski definition) is 3. The van der Waals surface area contributed by atoms with Gasteiger partial charge in [-0.05, 0) is 22.9 Å². The number of rotatable bonds is 3. The van der Waals surface area contributed by atoms with Crippen molar-refractivity contribution < 1.29 is 4.79 Å². The van der Waals surface area contributed by atoms with Crippen LogP contribution < -0.4 is 5.56 Å². The van der Waals surface area contributed by atoms with Gasteiger partial charge < -0.3 is 4.90 Å². The highest BCUT2D eigenvalue weighted by molar-refractivity contribution is 9.10. The van der Waals surface area contributed by atoms with E-state index in [1.807, 2.05) is 0 Å². The van der Waals surface area contributed by atoms with Crippen LogP contribution in [0.4, 0.5) is 0 Å². The first-order chi connectivity index (χ1) is 7.43. The van der Waals surface area contributed by atoms with E-state index >= 15 is 0 Å². The van der Waals surface area contributed by atoms with Gasteiger partial charge in [0, 0.05) is 33.3 Å². The van der Waals surface area contributed by atoms with Crippen LogP contribution in [-0.4, -0.2) is 34.5 Å². The molecule has 0 atom stereocenters. The predicted molar refractivity (Wildman–Crippen MR) is 64.2 cm³/mol. The SMILES string of the molecule is Cc1ncc(Br)c(=O)n1CCC(=O)N(C)C. The lowest BCUT2D eigenvalue weighted by Crippen LogP contribution is -2.28. The summed E-state index contributed by atoms with van der Waals surface area (Å²) in [5.41, 5.74) is -0.154. The van der Waals surface area contributed by atoms with Crippen molar-refractivity contribution >= 4 is 21.8 Å². The number of carbonyl (C=O) groups is 1. The van der Waals surface area contributed by atoms with Gasteiger partial charge in [0.2, 0.25) is 5.91 Å². The molecule has 0 aromatic carbocycles. The molecule has 0 spiro atoms. The molecule has 6 heteroatoms. The van der Waals surface area contributed by atoms with Gasteiger partial charge in [-0.2, -0.15) is 0 Å². The van der Waals surface area contributed by atoms with Gasteiger partial charge in [-0.15, -0.1) is 0 Å². The highest BCUT2D eigenvalue weighted by atomic mass is 79.9. The molecule has 1 aromatic rings. The Kier molecular flexibility index (Phi) is 4.23. The minimum atomic E-state index is -0.154. The van der Waals surface area contributed by atoms with Crippen LogP contribution in [0, 0.1) is 6.92 Å². The molecule has 1 heterocycles. The number of hydrogen-bond donors (Lipinski definition) is 0. The maximum Gasteiger partial charge on any atom is 0.267 e. The lowest BCUT2D eigenvalue weighted by atomic mass is 10.3. The van der Waals surface area contributed by atoms with E-state index in [1.165, 1.54) is 15.7 Å². The van der Waals surface area contributed by atoms with Gasteiger partial charge >= 0.3 is 0 Å². The number of carbonyl (C=O) groups excluding carboxylic acids is 1. The van der Waals surface area contributed by atoms with Crippen LogP contribution in [0.5, 0.6) is 0 Å². The zero-order chi connectivity index (χ0) is 12.3. The first kappa shape index (κ1) is 12.9. The second-order valence-corrected chi connectivity index (χ2v) is 4.50. The van der Waals surface area contributed by atoms with Crippen LogP contribution in [0.25, 0.3) is 0 Å². The Morgan fingerprint density at radius 1 is 1.56 bits per heavy atom. The van der Waals surface area contributed by atoms with Crippen molar-refractivity contribution in [1.29, 1.82) is 0 Å². The second-order valence-electron chi connectivity index (χ2n) is 3.65. The Labute approximate surface area is 102 Å². The van der Waals surface area contributed by atoms with Crippen molar-refractivity contribution in [3.8, 4) is 0 Å². The number of amides is 1. The third kappa shape index (κ3) is 2.91. The van der Waals surface area contributed by atoms with Crippen LogP contribution in [0.2, 0.25) is 0 Å². The predicted octanol–water partition coefficient (Wildman–Crippen LogP) is 0.793. The Morgan fingerprint density at radius 3 is 2.75 bits per heavy atom. The third-order valence-electron chi connectivity index (χ3n) is 2.25. The summed E-state index contributed by atoms with van der Waals surface area (Å²) in [5.74, 6) is 0.603. The lowest BCUT2D eigenvalue weighted by Gasteiger charge is -2.12. The number of nitrogens with zero attached hydrogens (tertiary/aromatic N) is 3. The summed E-state index contributed by atoms with van der Waals surface area (Å²) in [6.45, 7) is 2.10. The third-order valence-corrected chi connectivity index (χ3v) is 2.80. The summed E-state index contributed by atoms with van der Waals surface area (Å²) >= 11 is 3.12. The largest absolute Gasteiger partial charge is 0.349 e. The zero-order valence-electron chi connectivity index (χ0n) is 9.53. The van der Waals surface area contributed by atoms with Crippen molar-refractivity contribution in [3.05, 3.63) is 26.8 Å². The average molecular weight is 288 g/mol. The summed E-state index contributed by atoms with van der Waals surface area (Å²) in [4.78, 5) is 28.7. The number of aromatic nitrogens is 2. The summed E-state index contributed by atoms with van der Waals surface area (Å²) in [6, 6.07) is 0. The van der Waals surface area contributed by atoms with Crippen LogP contribution in [0.3, 0.4) is 0 Å². The van der Waals surface area contributed by atoms with Gasteiger partial charge in [-0.3, -0.25) is 14.2 Å². The van der Waals surface area contributed by atoms with E-state index in [0.717, 1.165) is 0 Å². The number of halogens is 1. The summed E-state index contributed by atoms with van der Waals surface area (Å²) in [5, 5.41) is 0. The standard InChI is InChI=1S/C10H14BrN3O2/c1-7-12-6-8(11)10(16)14(7)5-4-9(15)13(2)3/h6H,4-5H2,1-3H3. The zero-order valence-corrected chi connectivity index (χ0v) is 11.1. The normalized spacial score (nSPS) is 10.2. The van der Waals surface area contributed by atoms with Crippen LogP contribution in [0.1, 0.15) is 12.2 Å². The minimum Gasteiger partial charge on any atom is -0.349 e. The van der Waals surface area contributed by atoms with Gasteiger partial charge in [0.05, 0.1) is 0 Å². The van der Waals surface area contributed by atoms with Crippen molar-refractivity contribution in [2.24, 2.45) is 0 Å². The molecule has 0 aliphatic rings. The first-order valence-electron chi connectivity index (χ1n) is 4.85. The van der Waals surface area contributed by atoms with E-state index < -0.39 is 0 Å². The van der Waals surface area contributed by atoms with E-state index in [2.05, 4.69) is 20.9 Å². The molecule has 0 aliphatic heterocycles. The molecule has 0 aliphatic carbocycles. The smallest absolute Gasteiger partial charge is 0.267 e. The molecule has 1 aromatic heterocycles. The van der Waals surface area contributed by atoms with Crippen LogP contribution >= 0.6 is 15.9 Å². The molecule has 5 nitrogen and oxygen atoms in total. The highest BCUT2D eigenvalue weighted by Gasteiger charge is 2.08. The summed E-state index contributed by atoms with van der Waals surface area (Å²) < 4.78 is 1.90. The molecule has 1 rings (SSSR count). The molecule has 16 heavy (non-hydrogen) atoms. The van der Waals surface area contributed by atoms with E-state index in [-0.39, 0.29) is 11.5 Å². The van der Waals surface area contributed by atoms with E-state index in [4.69, 9.17) is 0 Å². The van der Waals surface area contributed by atoms with Crippen molar-refractivity contribution in [2.75, 3.05) is 14.1 Å². The van der Waals surface area contributed by atoms with Crippen LogP contribution in [-0.2, 0) is 11.3 Å². The quantitative estimate of drug-likeness (QED) is 0.826. The molecule has 88 valence electrons. The molecule has 0 radical (unpaired) electrons. The minimum absolute atomic E-state index is 0.00808. The van der Waals surface area contributed by atoms with Crippen molar-refractivity contribution in [1.82, 2.24) is 14.5 Å². The first-order valence-corrected chi connectivity index (χ1v) is 5.65. The fraction of sp³-hybridized carbons (Fsp3) is 0.500. The highest BCUT2D eigenvalue weighted by Crippen LogP contribution is 2.02. The van der Waals surface area contributed by atoms with Gasteiger partial charge in [0.25, 0.3) is 5.56 Å². The van der Waals surface area contributed by atoms with Crippen LogP contribution in [0.15, 0.2) is 15.5 Å². The fourth-order valence-electron chi connectivity index (χ4n) is 1.25. The Balaban J connectivity index is 2.86. The lowest BCUT2D eigenvalue weighted by molar-refractivity contribution is -0.128. The Morgan fingerprint density at radius 2 is 2.19 bits per heavy atom. The molecular formula is C10H14BrN3O2. The molecule has 0 saturated heterocycles. The molecule has 0 fully saturated rings. The van der Waals surface area contributed by atoms with Gasteiger partial charge in [-0.25, -0.2) is 4.98 Å². The molecule has 0 unspecified atom stereocenters. The molecule has 0 N–H and O–H groups in total. The van der Waals surface area contributed by atoms with E-state index in [1.54, 1.807) is 21.0 Å². The van der Waals surface area contributed by atoms with E-state index in [9.17, 15) is 9.59 Å². The maximum atomic E-state index is 11.7. The monoisotopic (exact) mass is 287 g/mol. The molecule has 0 bridgehead atoms. The van der Waals surface area contributed by atoms with Gasteiger partial charge in [0.1, 0.15) is 10.3 Å². The molecule has 1 amide bonds. The average Bonchev–Trinajstić information content (AvgIpc) is 2.23. The van der Waals surface area contributed by atoms with Crippen molar-refractivity contribution in [2.45, 2.75) is 19.9 Å². The number of aryl methyl sites for hydroxylation is 1. The summed E-state index contributed by atoms with van der Waals surface area (Å²) in [7, 11) is 3.38. The molecule has 0 saturated carbocycles. The second kappa shape index (κ2) is 5.25. The van der Waals surface area contributed by atoms with Gasteiger partial charge in [0.15, 0.2) is 0 Å². The maximum absolute atomic E-state index is 11.7. The Bertz CT molecular complexity index is 454. The Hall–Kier alpha value is -1.17. The van der Waals surface area contributed by atoms with Crippen molar-refractivity contribution in [3.63, 3.8) is 0 Å². The summed E-state index contributed by atoms with van der Waals surface area (Å²) in [6.07, 6.45) is 1.77. The fourth-order valence-corrected chi connectivity index (χ4v) is 1.56. The topological polar surface area (TPSA) is 55.2 Å². The molecular weight excluding hydrogens is 274 g/mol. The van der Waals surface area contributed by atoms with Gasteiger partial charge in [-0.1, -0.05) is 0 Å².